The summed E-state index contributed by atoms with van der Waals surface area (Å²) >= 11 is 0. The van der Waals surface area contributed by atoms with Crippen molar-refractivity contribution in [3.8, 4) is 6.07 Å². The van der Waals surface area contributed by atoms with Crippen molar-refractivity contribution in [1.29, 1.82) is 5.26 Å². The highest BCUT2D eigenvalue weighted by Crippen LogP contribution is 2.22. The first-order chi connectivity index (χ1) is 10.8. The zero-order valence-electron chi connectivity index (χ0n) is 11.8. The van der Waals surface area contributed by atoms with Crippen LogP contribution >= 0.6 is 0 Å². The minimum Gasteiger partial charge on any atom is -0.325 e. The van der Waals surface area contributed by atoms with Gasteiger partial charge in [-0.2, -0.15) is 5.26 Å². The average Bonchev–Trinajstić information content (AvgIpc) is 3.06. The van der Waals surface area contributed by atoms with E-state index in [1.165, 1.54) is 0 Å². The number of benzene rings is 1. The van der Waals surface area contributed by atoms with Crippen LogP contribution in [0.4, 0.5) is 5.69 Å². The molecule has 1 aromatic carbocycles. The van der Waals surface area contributed by atoms with Gasteiger partial charge in [-0.1, -0.05) is 12.1 Å². The van der Waals surface area contributed by atoms with Gasteiger partial charge in [0.1, 0.15) is 6.04 Å². The number of nitrogens with zero attached hydrogens (tertiary/aromatic N) is 2. The third-order valence-corrected chi connectivity index (χ3v) is 3.57. The maximum atomic E-state index is 12.3. The first kappa shape index (κ1) is 14.2. The second-order valence-electron chi connectivity index (χ2n) is 5.10. The predicted molar refractivity (Wildman–Crippen MR) is 81.4 cm³/mol. The molecule has 2 heterocycles. The zero-order valence-corrected chi connectivity index (χ0v) is 11.8. The number of hydrazine groups is 1. The molecule has 2 atom stereocenters. The molecule has 0 spiro atoms. The molecule has 0 saturated carbocycles. The summed E-state index contributed by atoms with van der Waals surface area (Å²) in [7, 11) is 0. The van der Waals surface area contributed by atoms with Gasteiger partial charge in [0.25, 0.3) is 0 Å². The standard InChI is InChI=1S/C16H15N5O/c17-9-11-3-1-5-13(7-11)19-16(22)15-8-14(20-21-15)12-4-2-6-18-10-12/h1-7,10,14-15,20-21H,8H2,(H,19,22). The molecule has 0 aliphatic carbocycles. The third kappa shape index (κ3) is 3.11. The summed E-state index contributed by atoms with van der Waals surface area (Å²) in [6.45, 7) is 0. The van der Waals surface area contributed by atoms with Crippen molar-refractivity contribution in [3.05, 3.63) is 59.9 Å². The summed E-state index contributed by atoms with van der Waals surface area (Å²) in [5.74, 6) is -0.131. The molecule has 0 radical (unpaired) electrons. The lowest BCUT2D eigenvalue weighted by Gasteiger charge is -2.10. The van der Waals surface area contributed by atoms with Crippen LogP contribution in [0, 0.1) is 11.3 Å². The van der Waals surface area contributed by atoms with Gasteiger partial charge in [0.15, 0.2) is 0 Å². The highest BCUT2D eigenvalue weighted by Gasteiger charge is 2.30. The van der Waals surface area contributed by atoms with Gasteiger partial charge in [-0.05, 0) is 36.2 Å². The van der Waals surface area contributed by atoms with E-state index in [1.54, 1.807) is 36.7 Å². The smallest absolute Gasteiger partial charge is 0.242 e. The lowest BCUT2D eigenvalue weighted by molar-refractivity contribution is -0.117. The van der Waals surface area contributed by atoms with Gasteiger partial charge in [0, 0.05) is 24.1 Å². The van der Waals surface area contributed by atoms with Crippen LogP contribution in [0.1, 0.15) is 23.6 Å². The van der Waals surface area contributed by atoms with E-state index in [-0.39, 0.29) is 18.0 Å². The fraction of sp³-hybridized carbons (Fsp3) is 0.188. The number of nitrogens with one attached hydrogen (secondary N) is 3. The zero-order chi connectivity index (χ0) is 15.4. The van der Waals surface area contributed by atoms with Crippen LogP contribution in [0.25, 0.3) is 0 Å². The highest BCUT2D eigenvalue weighted by atomic mass is 16.2. The molecule has 22 heavy (non-hydrogen) atoms. The Morgan fingerprint density at radius 1 is 1.32 bits per heavy atom. The van der Waals surface area contributed by atoms with E-state index in [9.17, 15) is 4.79 Å². The van der Waals surface area contributed by atoms with Crippen LogP contribution < -0.4 is 16.2 Å². The van der Waals surface area contributed by atoms with E-state index in [0.29, 0.717) is 17.7 Å². The van der Waals surface area contributed by atoms with Gasteiger partial charge in [-0.25, -0.2) is 10.9 Å². The quantitative estimate of drug-likeness (QED) is 0.798. The van der Waals surface area contributed by atoms with Crippen LogP contribution in [0.15, 0.2) is 48.8 Å². The highest BCUT2D eigenvalue weighted by molar-refractivity contribution is 5.95. The van der Waals surface area contributed by atoms with Gasteiger partial charge in [-0.3, -0.25) is 9.78 Å². The van der Waals surface area contributed by atoms with E-state index in [0.717, 1.165) is 5.56 Å². The van der Waals surface area contributed by atoms with Crippen molar-refractivity contribution >= 4 is 11.6 Å². The lowest BCUT2D eigenvalue weighted by Crippen LogP contribution is -2.39. The minimum atomic E-state index is -0.337. The number of carbonyl (C=O) groups excluding carboxylic acids is 1. The number of carbonyl (C=O) groups is 1. The second-order valence-corrected chi connectivity index (χ2v) is 5.10. The van der Waals surface area contributed by atoms with Crippen LogP contribution in [-0.4, -0.2) is 16.9 Å². The molecule has 3 N–H and O–H groups in total. The molecule has 2 unspecified atom stereocenters. The van der Waals surface area contributed by atoms with Gasteiger partial charge in [0.2, 0.25) is 5.91 Å². The molecule has 1 aromatic heterocycles. The van der Waals surface area contributed by atoms with Crippen molar-refractivity contribution in [2.75, 3.05) is 5.32 Å². The summed E-state index contributed by atoms with van der Waals surface area (Å²) in [5, 5.41) is 11.7. The van der Waals surface area contributed by atoms with E-state index < -0.39 is 0 Å². The number of pyridine rings is 1. The molecule has 1 amide bonds. The fourth-order valence-corrected chi connectivity index (χ4v) is 2.42. The molecular formula is C16H15N5O. The Balaban J connectivity index is 1.63. The number of hydrogen-bond acceptors (Lipinski definition) is 5. The summed E-state index contributed by atoms with van der Waals surface area (Å²) < 4.78 is 0. The number of hydrogen-bond donors (Lipinski definition) is 3. The number of rotatable bonds is 3. The molecule has 6 nitrogen and oxygen atoms in total. The Bertz CT molecular complexity index is 710. The Hall–Kier alpha value is -2.75. The van der Waals surface area contributed by atoms with E-state index >= 15 is 0 Å². The van der Waals surface area contributed by atoms with Crippen LogP contribution in [0.2, 0.25) is 0 Å². The SMILES string of the molecule is N#Cc1cccc(NC(=O)C2CC(c3cccnc3)NN2)c1. The van der Waals surface area contributed by atoms with Crippen molar-refractivity contribution in [3.63, 3.8) is 0 Å². The fourth-order valence-electron chi connectivity index (χ4n) is 2.42. The van der Waals surface area contributed by atoms with Gasteiger partial charge in [-0.15, -0.1) is 0 Å². The summed E-state index contributed by atoms with van der Waals surface area (Å²) in [6.07, 6.45) is 4.14. The topological polar surface area (TPSA) is 89.8 Å². The largest absolute Gasteiger partial charge is 0.325 e. The van der Waals surface area contributed by atoms with Crippen molar-refractivity contribution in [1.82, 2.24) is 15.8 Å². The van der Waals surface area contributed by atoms with Crippen LogP contribution in [0.5, 0.6) is 0 Å². The van der Waals surface area contributed by atoms with Crippen molar-refractivity contribution in [2.24, 2.45) is 0 Å². The van der Waals surface area contributed by atoms with Crippen LogP contribution in [-0.2, 0) is 4.79 Å². The molecule has 110 valence electrons. The summed E-state index contributed by atoms with van der Waals surface area (Å²) in [6, 6.07) is 12.5. The molecule has 0 bridgehead atoms. The number of amides is 1. The Kier molecular flexibility index (Phi) is 4.10. The number of nitriles is 1. The maximum absolute atomic E-state index is 12.3. The normalized spacial score (nSPS) is 20.3. The molecule has 1 fully saturated rings. The lowest BCUT2D eigenvalue weighted by atomic mass is 10.0. The molecule has 3 rings (SSSR count). The number of aromatic nitrogens is 1. The molecule has 6 heteroatoms. The molecule has 1 aliphatic heterocycles. The predicted octanol–water partition coefficient (Wildman–Crippen LogP) is 1.50. The monoisotopic (exact) mass is 293 g/mol. The Morgan fingerprint density at radius 3 is 3.00 bits per heavy atom. The van der Waals surface area contributed by atoms with E-state index in [4.69, 9.17) is 5.26 Å². The molecule has 2 aromatic rings. The third-order valence-electron chi connectivity index (χ3n) is 3.57. The van der Waals surface area contributed by atoms with Gasteiger partial charge in [0.05, 0.1) is 11.6 Å². The minimum absolute atomic E-state index is 0.0508. The molecule has 1 aliphatic rings. The summed E-state index contributed by atoms with van der Waals surface area (Å²) in [5.41, 5.74) is 8.28. The summed E-state index contributed by atoms with van der Waals surface area (Å²) in [4.78, 5) is 16.4. The maximum Gasteiger partial charge on any atom is 0.242 e. The Morgan fingerprint density at radius 2 is 2.23 bits per heavy atom. The van der Waals surface area contributed by atoms with Crippen LogP contribution in [0.3, 0.4) is 0 Å². The molecule has 1 saturated heterocycles. The first-order valence-electron chi connectivity index (χ1n) is 6.98. The Labute approximate surface area is 128 Å². The average molecular weight is 293 g/mol. The van der Waals surface area contributed by atoms with E-state index in [2.05, 4.69) is 27.2 Å². The molecular weight excluding hydrogens is 278 g/mol. The van der Waals surface area contributed by atoms with E-state index in [1.807, 2.05) is 12.1 Å². The van der Waals surface area contributed by atoms with Crippen molar-refractivity contribution < 1.29 is 4.79 Å². The van der Waals surface area contributed by atoms with Crippen molar-refractivity contribution in [2.45, 2.75) is 18.5 Å². The second kappa shape index (κ2) is 6.35. The van der Waals surface area contributed by atoms with Gasteiger partial charge < -0.3 is 5.32 Å². The van der Waals surface area contributed by atoms with Gasteiger partial charge >= 0.3 is 0 Å². The number of anilines is 1. The first-order valence-corrected chi connectivity index (χ1v) is 6.98.